The first-order chi connectivity index (χ1) is 9.20. The summed E-state index contributed by atoms with van der Waals surface area (Å²) >= 11 is 0. The number of pyridine rings is 1. The van der Waals surface area contributed by atoms with Gasteiger partial charge in [0.05, 0.1) is 24.9 Å². The van der Waals surface area contributed by atoms with E-state index < -0.39 is 5.97 Å². The molecule has 1 amide bonds. The molecule has 102 valence electrons. The number of carbonyl (C=O) groups is 2. The number of hydrogen-bond donors (Lipinski definition) is 1. The minimum Gasteiger partial charge on any atom is -0.465 e. The Labute approximate surface area is 112 Å². The van der Waals surface area contributed by atoms with Crippen molar-refractivity contribution in [2.75, 3.05) is 7.11 Å². The van der Waals surface area contributed by atoms with Crippen LogP contribution in [0.15, 0.2) is 18.3 Å². The molecule has 0 radical (unpaired) electrons. The van der Waals surface area contributed by atoms with Crippen LogP contribution in [0.25, 0.3) is 0 Å². The number of methoxy groups -OCH3 is 1. The minimum atomic E-state index is -0.397. The number of ether oxygens (including phenoxy) is 1. The van der Waals surface area contributed by atoms with E-state index in [9.17, 15) is 9.59 Å². The Kier molecular flexibility index (Phi) is 4.49. The van der Waals surface area contributed by atoms with Crippen LogP contribution in [-0.2, 0) is 16.1 Å². The monoisotopic (exact) mass is 262 g/mol. The van der Waals surface area contributed by atoms with Gasteiger partial charge in [-0.15, -0.1) is 0 Å². The van der Waals surface area contributed by atoms with Gasteiger partial charge < -0.3 is 10.1 Å². The minimum absolute atomic E-state index is 0.0859. The Morgan fingerprint density at radius 1 is 1.42 bits per heavy atom. The van der Waals surface area contributed by atoms with E-state index in [4.69, 9.17) is 0 Å². The molecule has 1 N–H and O–H groups in total. The zero-order valence-electron chi connectivity index (χ0n) is 11.0. The summed E-state index contributed by atoms with van der Waals surface area (Å²) in [5.74, 6) is -0.169. The Balaban J connectivity index is 1.92. The van der Waals surface area contributed by atoms with Crippen LogP contribution in [-0.4, -0.2) is 24.0 Å². The van der Waals surface area contributed by atoms with Crippen molar-refractivity contribution in [1.29, 1.82) is 0 Å². The third kappa shape index (κ3) is 3.53. The molecule has 1 fully saturated rings. The van der Waals surface area contributed by atoms with Gasteiger partial charge in [-0.25, -0.2) is 4.79 Å². The summed E-state index contributed by atoms with van der Waals surface area (Å²) < 4.78 is 4.64. The maximum atomic E-state index is 11.9. The standard InChI is InChI=1S/C14H18N2O3/c1-19-14(18)11-6-7-15-12(8-11)9-16-13(17)10-4-2-3-5-10/h6-8,10H,2-5,9H2,1H3,(H,16,17). The molecule has 0 aromatic carbocycles. The van der Waals surface area contributed by atoms with Crippen LogP contribution in [0.5, 0.6) is 0 Å². The van der Waals surface area contributed by atoms with Crippen LogP contribution in [0.3, 0.4) is 0 Å². The molecule has 19 heavy (non-hydrogen) atoms. The van der Waals surface area contributed by atoms with Crippen LogP contribution < -0.4 is 5.32 Å². The van der Waals surface area contributed by atoms with E-state index in [1.165, 1.54) is 7.11 Å². The highest BCUT2D eigenvalue weighted by Gasteiger charge is 2.22. The number of nitrogens with zero attached hydrogens (tertiary/aromatic N) is 1. The topological polar surface area (TPSA) is 68.3 Å². The lowest BCUT2D eigenvalue weighted by atomic mass is 10.1. The highest BCUT2D eigenvalue weighted by Crippen LogP contribution is 2.24. The van der Waals surface area contributed by atoms with E-state index in [1.54, 1.807) is 18.3 Å². The van der Waals surface area contributed by atoms with Crippen LogP contribution in [0.4, 0.5) is 0 Å². The number of rotatable bonds is 4. The number of nitrogens with one attached hydrogen (secondary N) is 1. The van der Waals surface area contributed by atoms with Crippen molar-refractivity contribution in [3.05, 3.63) is 29.6 Å². The largest absolute Gasteiger partial charge is 0.465 e. The van der Waals surface area contributed by atoms with E-state index in [-0.39, 0.29) is 11.8 Å². The van der Waals surface area contributed by atoms with Gasteiger partial charge in [0.15, 0.2) is 0 Å². The van der Waals surface area contributed by atoms with E-state index in [2.05, 4.69) is 15.0 Å². The van der Waals surface area contributed by atoms with Gasteiger partial charge in [-0.2, -0.15) is 0 Å². The fourth-order valence-electron chi connectivity index (χ4n) is 2.33. The fraction of sp³-hybridized carbons (Fsp3) is 0.500. The summed E-state index contributed by atoms with van der Waals surface area (Å²) in [5, 5.41) is 2.87. The number of hydrogen-bond acceptors (Lipinski definition) is 4. The predicted octanol–water partition coefficient (Wildman–Crippen LogP) is 1.67. The molecule has 0 bridgehead atoms. The van der Waals surface area contributed by atoms with Crippen LogP contribution in [0.2, 0.25) is 0 Å². The van der Waals surface area contributed by atoms with Crippen molar-refractivity contribution >= 4 is 11.9 Å². The lowest BCUT2D eigenvalue weighted by Gasteiger charge is -2.10. The lowest BCUT2D eigenvalue weighted by molar-refractivity contribution is -0.124. The first-order valence-electron chi connectivity index (χ1n) is 6.51. The molecule has 0 atom stereocenters. The zero-order valence-corrected chi connectivity index (χ0v) is 11.0. The van der Waals surface area contributed by atoms with Gasteiger partial charge >= 0.3 is 5.97 Å². The molecule has 5 nitrogen and oxygen atoms in total. The molecule has 1 aromatic heterocycles. The molecule has 1 aliphatic rings. The lowest BCUT2D eigenvalue weighted by Crippen LogP contribution is -2.29. The van der Waals surface area contributed by atoms with Gasteiger partial charge in [0, 0.05) is 12.1 Å². The highest BCUT2D eigenvalue weighted by atomic mass is 16.5. The molecule has 0 spiro atoms. The molecule has 1 heterocycles. The number of esters is 1. The average Bonchev–Trinajstić information content (AvgIpc) is 2.98. The molecule has 0 aliphatic heterocycles. The van der Waals surface area contributed by atoms with Gasteiger partial charge in [0.25, 0.3) is 0 Å². The van der Waals surface area contributed by atoms with E-state index in [1.807, 2.05) is 0 Å². The predicted molar refractivity (Wildman–Crippen MR) is 69.4 cm³/mol. The van der Waals surface area contributed by atoms with Crippen molar-refractivity contribution in [2.24, 2.45) is 5.92 Å². The van der Waals surface area contributed by atoms with Gasteiger partial charge in [0.2, 0.25) is 5.91 Å². The maximum absolute atomic E-state index is 11.9. The second kappa shape index (κ2) is 6.31. The summed E-state index contributed by atoms with van der Waals surface area (Å²) in [4.78, 5) is 27.4. The molecular formula is C14H18N2O3. The molecular weight excluding hydrogens is 244 g/mol. The van der Waals surface area contributed by atoms with Crippen molar-refractivity contribution in [1.82, 2.24) is 10.3 Å². The summed E-state index contributed by atoms with van der Waals surface area (Å²) in [6.07, 6.45) is 5.76. The number of aromatic nitrogens is 1. The quantitative estimate of drug-likeness (QED) is 0.838. The van der Waals surface area contributed by atoms with Crippen molar-refractivity contribution in [3.63, 3.8) is 0 Å². The Morgan fingerprint density at radius 3 is 2.84 bits per heavy atom. The third-order valence-corrected chi connectivity index (χ3v) is 3.41. The molecule has 1 aromatic rings. The van der Waals surface area contributed by atoms with Crippen LogP contribution in [0.1, 0.15) is 41.7 Å². The maximum Gasteiger partial charge on any atom is 0.337 e. The second-order valence-corrected chi connectivity index (χ2v) is 4.73. The molecule has 5 heteroatoms. The van der Waals surface area contributed by atoms with Crippen molar-refractivity contribution < 1.29 is 14.3 Å². The fourth-order valence-corrected chi connectivity index (χ4v) is 2.33. The van der Waals surface area contributed by atoms with Crippen molar-refractivity contribution in [2.45, 2.75) is 32.2 Å². The van der Waals surface area contributed by atoms with Crippen LogP contribution in [0, 0.1) is 5.92 Å². The van der Waals surface area contributed by atoms with E-state index in [0.29, 0.717) is 17.8 Å². The molecule has 1 saturated carbocycles. The molecule has 1 aliphatic carbocycles. The van der Waals surface area contributed by atoms with Gasteiger partial charge in [-0.3, -0.25) is 9.78 Å². The molecule has 0 saturated heterocycles. The normalized spacial score (nSPS) is 15.2. The third-order valence-electron chi connectivity index (χ3n) is 3.41. The van der Waals surface area contributed by atoms with Crippen molar-refractivity contribution in [3.8, 4) is 0 Å². The molecule has 2 rings (SSSR count). The Hall–Kier alpha value is -1.91. The van der Waals surface area contributed by atoms with Gasteiger partial charge in [0.1, 0.15) is 0 Å². The van der Waals surface area contributed by atoms with Gasteiger partial charge in [-0.1, -0.05) is 12.8 Å². The summed E-state index contributed by atoms with van der Waals surface area (Å²) in [7, 11) is 1.34. The van der Waals surface area contributed by atoms with E-state index >= 15 is 0 Å². The SMILES string of the molecule is COC(=O)c1ccnc(CNC(=O)C2CCCC2)c1. The summed E-state index contributed by atoms with van der Waals surface area (Å²) in [5.41, 5.74) is 1.11. The first-order valence-corrected chi connectivity index (χ1v) is 6.51. The van der Waals surface area contributed by atoms with Gasteiger partial charge in [-0.05, 0) is 25.0 Å². The summed E-state index contributed by atoms with van der Waals surface area (Å²) in [6, 6.07) is 3.23. The number of carbonyl (C=O) groups excluding carboxylic acids is 2. The first kappa shape index (κ1) is 13.5. The smallest absolute Gasteiger partial charge is 0.337 e. The Bertz CT molecular complexity index is 468. The molecule has 0 unspecified atom stereocenters. The van der Waals surface area contributed by atoms with E-state index in [0.717, 1.165) is 25.7 Å². The zero-order chi connectivity index (χ0) is 13.7. The second-order valence-electron chi connectivity index (χ2n) is 4.73. The van der Waals surface area contributed by atoms with Crippen LogP contribution >= 0.6 is 0 Å². The highest BCUT2D eigenvalue weighted by molar-refractivity contribution is 5.89. The number of amides is 1. The summed E-state index contributed by atoms with van der Waals surface area (Å²) in [6.45, 7) is 0.347. The average molecular weight is 262 g/mol. The Morgan fingerprint density at radius 2 is 2.16 bits per heavy atom.